The summed E-state index contributed by atoms with van der Waals surface area (Å²) in [4.78, 5) is 4.39. The minimum Gasteiger partial charge on any atom is -0.364 e. The lowest BCUT2D eigenvalue weighted by atomic mass is 10.1. The van der Waals surface area contributed by atoms with Crippen LogP contribution in [-0.4, -0.2) is 4.98 Å². The Morgan fingerprint density at radius 3 is 2.61 bits per heavy atom. The largest absolute Gasteiger partial charge is 0.364 e. The summed E-state index contributed by atoms with van der Waals surface area (Å²) >= 11 is 0. The molecule has 1 aromatic heterocycles. The van der Waals surface area contributed by atoms with Crippen LogP contribution in [0.5, 0.6) is 0 Å². The molecule has 1 unspecified atom stereocenters. The van der Waals surface area contributed by atoms with Gasteiger partial charge >= 0.3 is 0 Å². The van der Waals surface area contributed by atoms with E-state index in [1.54, 1.807) is 12.1 Å². The summed E-state index contributed by atoms with van der Waals surface area (Å²) < 4.78 is 0. The molecule has 1 atom stereocenters. The Hall–Kier alpha value is -2.34. The molecule has 1 N–H and O–H groups in total. The SMILES string of the molecule is Cc1cc(C#N)cc(NC(C)c2ccccc2)n1. The molecular weight excluding hydrogens is 222 g/mol. The average molecular weight is 237 g/mol. The summed E-state index contributed by atoms with van der Waals surface area (Å²) in [5, 5.41) is 12.2. The van der Waals surface area contributed by atoms with E-state index in [0.717, 1.165) is 11.5 Å². The van der Waals surface area contributed by atoms with Gasteiger partial charge in [0.25, 0.3) is 0 Å². The number of nitrogens with zero attached hydrogens (tertiary/aromatic N) is 2. The molecule has 0 aliphatic rings. The Labute approximate surface area is 107 Å². The molecule has 2 rings (SSSR count). The van der Waals surface area contributed by atoms with Crippen molar-refractivity contribution < 1.29 is 0 Å². The molecule has 0 bridgehead atoms. The maximum absolute atomic E-state index is 8.93. The molecule has 2 aromatic rings. The van der Waals surface area contributed by atoms with E-state index in [0.29, 0.717) is 5.56 Å². The van der Waals surface area contributed by atoms with Crippen molar-refractivity contribution in [2.45, 2.75) is 19.9 Å². The third-order valence-electron chi connectivity index (χ3n) is 2.75. The van der Waals surface area contributed by atoms with Crippen LogP contribution in [-0.2, 0) is 0 Å². The van der Waals surface area contributed by atoms with Gasteiger partial charge in [-0.05, 0) is 31.5 Å². The van der Waals surface area contributed by atoms with E-state index in [1.165, 1.54) is 5.56 Å². The van der Waals surface area contributed by atoms with Gasteiger partial charge in [0.2, 0.25) is 0 Å². The average Bonchev–Trinajstić information content (AvgIpc) is 2.39. The van der Waals surface area contributed by atoms with Crippen molar-refractivity contribution >= 4 is 5.82 Å². The van der Waals surface area contributed by atoms with E-state index in [2.05, 4.69) is 35.4 Å². The Morgan fingerprint density at radius 1 is 1.22 bits per heavy atom. The zero-order valence-electron chi connectivity index (χ0n) is 10.5. The van der Waals surface area contributed by atoms with Gasteiger partial charge in [0.1, 0.15) is 5.82 Å². The van der Waals surface area contributed by atoms with Gasteiger partial charge in [0, 0.05) is 11.7 Å². The number of benzene rings is 1. The number of rotatable bonds is 3. The highest BCUT2D eigenvalue weighted by molar-refractivity contribution is 5.45. The molecule has 1 aromatic carbocycles. The number of anilines is 1. The van der Waals surface area contributed by atoms with Gasteiger partial charge in [-0.1, -0.05) is 30.3 Å². The number of hydrogen-bond acceptors (Lipinski definition) is 3. The minimum atomic E-state index is 0.159. The van der Waals surface area contributed by atoms with E-state index in [-0.39, 0.29) is 6.04 Å². The van der Waals surface area contributed by atoms with Crippen LogP contribution in [0.15, 0.2) is 42.5 Å². The first-order valence-electron chi connectivity index (χ1n) is 5.89. The molecule has 0 radical (unpaired) electrons. The standard InChI is InChI=1S/C15H15N3/c1-11-8-13(10-16)9-15(17-11)18-12(2)14-6-4-3-5-7-14/h3-9,12H,1-2H3,(H,17,18). The molecule has 0 aliphatic heterocycles. The van der Waals surface area contributed by atoms with Gasteiger partial charge in [-0.15, -0.1) is 0 Å². The molecule has 0 fully saturated rings. The van der Waals surface area contributed by atoms with Gasteiger partial charge < -0.3 is 5.32 Å². The van der Waals surface area contributed by atoms with E-state index in [1.807, 2.05) is 25.1 Å². The van der Waals surface area contributed by atoms with Crippen LogP contribution in [0.3, 0.4) is 0 Å². The Morgan fingerprint density at radius 2 is 1.94 bits per heavy atom. The van der Waals surface area contributed by atoms with Crippen LogP contribution in [0.2, 0.25) is 0 Å². The fraction of sp³-hybridized carbons (Fsp3) is 0.200. The zero-order chi connectivity index (χ0) is 13.0. The Bertz CT molecular complexity index is 570. The first-order chi connectivity index (χ1) is 8.69. The quantitative estimate of drug-likeness (QED) is 0.889. The second kappa shape index (κ2) is 5.33. The Kier molecular flexibility index (Phi) is 3.59. The molecule has 3 heteroatoms. The fourth-order valence-corrected chi connectivity index (χ4v) is 1.85. The van der Waals surface area contributed by atoms with Gasteiger partial charge in [0.05, 0.1) is 11.6 Å². The van der Waals surface area contributed by atoms with Gasteiger partial charge in [-0.3, -0.25) is 0 Å². The van der Waals surface area contributed by atoms with E-state index < -0.39 is 0 Å². The molecule has 0 amide bonds. The Balaban J connectivity index is 2.20. The second-order valence-corrected chi connectivity index (χ2v) is 4.27. The van der Waals surface area contributed by atoms with Gasteiger partial charge in [-0.25, -0.2) is 4.98 Å². The molecule has 18 heavy (non-hydrogen) atoms. The van der Waals surface area contributed by atoms with Gasteiger partial charge in [-0.2, -0.15) is 5.26 Å². The van der Waals surface area contributed by atoms with E-state index in [9.17, 15) is 0 Å². The summed E-state index contributed by atoms with van der Waals surface area (Å²) in [5.74, 6) is 0.739. The maximum Gasteiger partial charge on any atom is 0.127 e. The number of aryl methyl sites for hydroxylation is 1. The number of aromatic nitrogens is 1. The molecule has 1 heterocycles. The molecule has 0 spiro atoms. The monoisotopic (exact) mass is 237 g/mol. The summed E-state index contributed by atoms with van der Waals surface area (Å²) in [6.45, 7) is 3.96. The topological polar surface area (TPSA) is 48.7 Å². The molecule has 3 nitrogen and oxygen atoms in total. The van der Waals surface area contributed by atoms with Crippen molar-refractivity contribution in [3.63, 3.8) is 0 Å². The molecule has 0 aliphatic carbocycles. The van der Waals surface area contributed by atoms with Crippen LogP contribution in [0.4, 0.5) is 5.82 Å². The van der Waals surface area contributed by atoms with Crippen molar-refractivity contribution in [1.29, 1.82) is 5.26 Å². The maximum atomic E-state index is 8.93. The zero-order valence-corrected chi connectivity index (χ0v) is 10.5. The first kappa shape index (κ1) is 12.1. The summed E-state index contributed by atoms with van der Waals surface area (Å²) in [6.07, 6.45) is 0. The predicted octanol–water partition coefficient (Wildman–Crippen LogP) is 3.43. The first-order valence-corrected chi connectivity index (χ1v) is 5.89. The third-order valence-corrected chi connectivity index (χ3v) is 2.75. The van der Waals surface area contributed by atoms with Crippen molar-refractivity contribution in [1.82, 2.24) is 4.98 Å². The van der Waals surface area contributed by atoms with Crippen molar-refractivity contribution in [3.8, 4) is 6.07 Å². The summed E-state index contributed by atoms with van der Waals surface area (Å²) in [7, 11) is 0. The number of hydrogen-bond donors (Lipinski definition) is 1. The van der Waals surface area contributed by atoms with Crippen LogP contribution < -0.4 is 5.32 Å². The van der Waals surface area contributed by atoms with Crippen LogP contribution in [0.25, 0.3) is 0 Å². The van der Waals surface area contributed by atoms with Crippen LogP contribution in [0.1, 0.15) is 29.8 Å². The third kappa shape index (κ3) is 2.86. The highest BCUT2D eigenvalue weighted by Gasteiger charge is 2.06. The fourth-order valence-electron chi connectivity index (χ4n) is 1.85. The highest BCUT2D eigenvalue weighted by Crippen LogP contribution is 2.18. The summed E-state index contributed by atoms with van der Waals surface area (Å²) in [5.41, 5.74) is 2.67. The van der Waals surface area contributed by atoms with E-state index >= 15 is 0 Å². The number of pyridine rings is 1. The lowest BCUT2D eigenvalue weighted by Crippen LogP contribution is -2.08. The van der Waals surface area contributed by atoms with Crippen molar-refractivity contribution in [3.05, 3.63) is 59.3 Å². The number of nitriles is 1. The molecule has 0 saturated carbocycles. The summed E-state index contributed by atoms with van der Waals surface area (Å²) in [6, 6.07) is 16.0. The minimum absolute atomic E-state index is 0.159. The smallest absolute Gasteiger partial charge is 0.127 e. The van der Waals surface area contributed by atoms with Crippen molar-refractivity contribution in [2.24, 2.45) is 0 Å². The highest BCUT2D eigenvalue weighted by atomic mass is 15.0. The van der Waals surface area contributed by atoms with Crippen molar-refractivity contribution in [2.75, 3.05) is 5.32 Å². The predicted molar refractivity (Wildman–Crippen MR) is 72.2 cm³/mol. The number of nitrogens with one attached hydrogen (secondary N) is 1. The van der Waals surface area contributed by atoms with Crippen LogP contribution >= 0.6 is 0 Å². The van der Waals surface area contributed by atoms with Gasteiger partial charge in [0.15, 0.2) is 0 Å². The molecule has 90 valence electrons. The lowest BCUT2D eigenvalue weighted by molar-refractivity contribution is 0.872. The lowest BCUT2D eigenvalue weighted by Gasteiger charge is -2.15. The molecular formula is C15H15N3. The van der Waals surface area contributed by atoms with Crippen LogP contribution in [0, 0.1) is 18.3 Å². The normalized spacial score (nSPS) is 11.6. The molecule has 0 saturated heterocycles. The van der Waals surface area contributed by atoms with E-state index in [4.69, 9.17) is 5.26 Å². The second-order valence-electron chi connectivity index (χ2n) is 4.27.